The smallest absolute Gasteiger partial charge is 0.252 e. The normalized spacial score (nSPS) is 18.6. The third kappa shape index (κ3) is 7.22. The third-order valence-corrected chi connectivity index (χ3v) is 8.84. The van der Waals surface area contributed by atoms with Crippen molar-refractivity contribution in [3.63, 3.8) is 0 Å². The average molecular weight is 620 g/mol. The molecule has 4 rings (SSSR count). The lowest BCUT2D eigenvalue weighted by atomic mass is 9.84. The van der Waals surface area contributed by atoms with Crippen molar-refractivity contribution in [3.05, 3.63) is 94.0 Å². The minimum absolute atomic E-state index is 0.0257. The van der Waals surface area contributed by atoms with Crippen molar-refractivity contribution in [2.75, 3.05) is 19.0 Å². The van der Waals surface area contributed by atoms with Crippen molar-refractivity contribution < 1.29 is 27.8 Å². The average Bonchev–Trinajstić information content (AvgIpc) is 3.33. The van der Waals surface area contributed by atoms with Crippen LogP contribution < -0.4 is 10.1 Å². The third-order valence-electron chi connectivity index (χ3n) is 6.55. The molecule has 0 fully saturated rings. The van der Waals surface area contributed by atoms with E-state index in [2.05, 4.69) is 5.32 Å². The summed E-state index contributed by atoms with van der Waals surface area (Å²) in [4.78, 5) is 18.9. The number of sulfone groups is 1. The zero-order valence-electron chi connectivity index (χ0n) is 22.7. The van der Waals surface area contributed by atoms with Crippen LogP contribution in [0.2, 0.25) is 10.0 Å². The maximum Gasteiger partial charge on any atom is 0.252 e. The molecule has 0 aromatic heterocycles. The molecule has 2 N–H and O–H groups in total. The Kier molecular flexibility index (Phi) is 9.96. The number of carbonyl (C=O) groups excluding carboxylic acids is 1. The molecule has 0 bridgehead atoms. The van der Waals surface area contributed by atoms with Gasteiger partial charge in [-0.3, -0.25) is 4.79 Å². The van der Waals surface area contributed by atoms with E-state index >= 15 is 0 Å². The lowest BCUT2D eigenvalue weighted by Gasteiger charge is -2.31. The molecule has 11 heteroatoms. The highest BCUT2D eigenvalue weighted by Crippen LogP contribution is 2.45. The number of ether oxygens (including phenoxy) is 2. The van der Waals surface area contributed by atoms with E-state index in [9.17, 15) is 13.2 Å². The van der Waals surface area contributed by atoms with Gasteiger partial charge in [-0.1, -0.05) is 47.5 Å². The van der Waals surface area contributed by atoms with Crippen molar-refractivity contribution >= 4 is 44.8 Å². The second kappa shape index (κ2) is 13.2. The van der Waals surface area contributed by atoms with Crippen LogP contribution in [0.4, 0.5) is 0 Å². The Morgan fingerprint density at radius 2 is 1.80 bits per heavy atom. The molecule has 1 heterocycles. The zero-order chi connectivity index (χ0) is 29.6. The summed E-state index contributed by atoms with van der Waals surface area (Å²) in [5, 5.41) is 12.6. The number of aliphatic imine (C=N–C) groups is 1. The van der Waals surface area contributed by atoms with Crippen LogP contribution in [0.1, 0.15) is 43.9 Å². The standard InChI is InChI=1S/C30H32Cl2N2O6S/c1-20(2)33-29(36)30(15-18-41(37,38)24-7-4-3-5-8-24)27(25-14-11-22(31)19-26(25)32)40-28(34-30)21-9-12-23(13-10-21)39-17-6-16-35/h3-5,7-14,19-20,27,35H,6,15-18H2,1-2H3,(H,33,36)/t27-,30-/m1/s1. The van der Waals surface area contributed by atoms with Gasteiger partial charge in [0.1, 0.15) is 5.75 Å². The number of aliphatic hydroxyl groups excluding tert-OH is 1. The second-order valence-corrected chi connectivity index (χ2v) is 12.9. The number of aliphatic hydroxyl groups is 1. The molecule has 3 aromatic carbocycles. The van der Waals surface area contributed by atoms with Gasteiger partial charge in [0.05, 0.1) is 17.3 Å². The molecule has 0 radical (unpaired) electrons. The monoisotopic (exact) mass is 618 g/mol. The maximum absolute atomic E-state index is 14.0. The minimum atomic E-state index is -3.76. The molecule has 2 atom stereocenters. The predicted molar refractivity (Wildman–Crippen MR) is 160 cm³/mol. The Bertz CT molecular complexity index is 1500. The predicted octanol–water partition coefficient (Wildman–Crippen LogP) is 5.40. The van der Waals surface area contributed by atoms with Crippen molar-refractivity contribution in [2.45, 2.75) is 49.3 Å². The fourth-order valence-corrected chi connectivity index (χ4v) is 6.38. The molecule has 3 aromatic rings. The van der Waals surface area contributed by atoms with E-state index in [-0.39, 0.29) is 40.6 Å². The zero-order valence-corrected chi connectivity index (χ0v) is 25.0. The summed E-state index contributed by atoms with van der Waals surface area (Å²) in [6.45, 7) is 4.01. The van der Waals surface area contributed by atoms with Crippen LogP contribution in [0.5, 0.6) is 5.75 Å². The van der Waals surface area contributed by atoms with Crippen molar-refractivity contribution in [1.29, 1.82) is 0 Å². The van der Waals surface area contributed by atoms with E-state index in [1.54, 1.807) is 60.7 Å². The van der Waals surface area contributed by atoms with Gasteiger partial charge in [0, 0.05) is 46.7 Å². The highest BCUT2D eigenvalue weighted by molar-refractivity contribution is 7.91. The topological polar surface area (TPSA) is 114 Å². The lowest BCUT2D eigenvalue weighted by Crippen LogP contribution is -2.51. The Hall–Kier alpha value is -3.11. The van der Waals surface area contributed by atoms with Crippen molar-refractivity contribution in [1.82, 2.24) is 5.32 Å². The largest absolute Gasteiger partial charge is 0.494 e. The van der Waals surface area contributed by atoms with Gasteiger partial charge >= 0.3 is 0 Å². The van der Waals surface area contributed by atoms with Crippen molar-refractivity contribution in [3.8, 4) is 5.75 Å². The Morgan fingerprint density at radius 3 is 2.44 bits per heavy atom. The lowest BCUT2D eigenvalue weighted by molar-refractivity contribution is -0.129. The summed E-state index contributed by atoms with van der Waals surface area (Å²) >= 11 is 12.8. The van der Waals surface area contributed by atoms with E-state index < -0.39 is 27.4 Å². The fraction of sp³-hybridized carbons (Fsp3) is 0.333. The Morgan fingerprint density at radius 1 is 1.10 bits per heavy atom. The highest BCUT2D eigenvalue weighted by atomic mass is 35.5. The summed E-state index contributed by atoms with van der Waals surface area (Å²) in [6.07, 6.45) is -0.703. The van der Waals surface area contributed by atoms with Gasteiger partial charge in [0.2, 0.25) is 5.90 Å². The Balaban J connectivity index is 1.79. The first-order chi connectivity index (χ1) is 19.6. The van der Waals surface area contributed by atoms with Crippen LogP contribution in [-0.4, -0.2) is 55.9 Å². The number of amides is 1. The molecule has 1 aliphatic heterocycles. The molecule has 0 spiro atoms. The van der Waals surface area contributed by atoms with E-state index in [0.29, 0.717) is 34.9 Å². The number of hydrogen-bond acceptors (Lipinski definition) is 7. The molecule has 0 unspecified atom stereocenters. The SMILES string of the molecule is CC(C)NC(=O)[C@]1(CCS(=O)(=O)c2ccccc2)N=C(c2ccc(OCCCO)cc2)O[C@@H]1c1ccc(Cl)cc1Cl. The molecule has 218 valence electrons. The van der Waals surface area contributed by atoms with E-state index in [1.165, 1.54) is 12.1 Å². The number of halogens is 2. The summed E-state index contributed by atoms with van der Waals surface area (Å²) in [6, 6.07) is 19.6. The van der Waals surface area contributed by atoms with Crippen molar-refractivity contribution in [2.24, 2.45) is 4.99 Å². The van der Waals surface area contributed by atoms with Gasteiger partial charge in [-0.2, -0.15) is 0 Å². The molecular weight excluding hydrogens is 587 g/mol. The van der Waals surface area contributed by atoms with Gasteiger partial charge in [-0.05, 0) is 62.4 Å². The van der Waals surface area contributed by atoms with Crippen LogP contribution in [0.25, 0.3) is 0 Å². The van der Waals surface area contributed by atoms with Crippen LogP contribution in [0.15, 0.2) is 82.7 Å². The van der Waals surface area contributed by atoms with Gasteiger partial charge in [-0.25, -0.2) is 13.4 Å². The number of rotatable bonds is 12. The molecule has 0 saturated carbocycles. The Labute approximate surface area is 250 Å². The molecule has 0 aliphatic carbocycles. The summed E-state index contributed by atoms with van der Waals surface area (Å²) in [5.74, 6) is -0.0808. The van der Waals surface area contributed by atoms with Crippen LogP contribution in [0.3, 0.4) is 0 Å². The fourth-order valence-electron chi connectivity index (χ4n) is 4.48. The second-order valence-electron chi connectivity index (χ2n) is 9.97. The van der Waals surface area contributed by atoms with E-state index in [1.807, 2.05) is 13.8 Å². The summed E-state index contributed by atoms with van der Waals surface area (Å²) in [7, 11) is -3.76. The number of carbonyl (C=O) groups is 1. The number of hydrogen-bond donors (Lipinski definition) is 2. The van der Waals surface area contributed by atoms with Crippen LogP contribution in [0, 0.1) is 0 Å². The number of nitrogens with one attached hydrogen (secondary N) is 1. The van der Waals surface area contributed by atoms with Gasteiger partial charge in [-0.15, -0.1) is 0 Å². The quantitative estimate of drug-likeness (QED) is 0.263. The van der Waals surface area contributed by atoms with Crippen LogP contribution >= 0.6 is 23.2 Å². The first kappa shape index (κ1) is 30.8. The molecule has 41 heavy (non-hydrogen) atoms. The van der Waals surface area contributed by atoms with E-state index in [4.69, 9.17) is 42.8 Å². The van der Waals surface area contributed by atoms with Gasteiger partial charge < -0.3 is 19.9 Å². The summed E-state index contributed by atoms with van der Waals surface area (Å²) < 4.78 is 38.7. The molecule has 0 saturated heterocycles. The first-order valence-corrected chi connectivity index (χ1v) is 15.6. The van der Waals surface area contributed by atoms with Gasteiger partial charge in [0.25, 0.3) is 5.91 Å². The maximum atomic E-state index is 14.0. The minimum Gasteiger partial charge on any atom is -0.494 e. The molecule has 1 amide bonds. The molecule has 1 aliphatic rings. The highest BCUT2D eigenvalue weighted by Gasteiger charge is 2.54. The molecule has 8 nitrogen and oxygen atoms in total. The summed E-state index contributed by atoms with van der Waals surface area (Å²) in [5.41, 5.74) is -0.635. The van der Waals surface area contributed by atoms with E-state index in [0.717, 1.165) is 0 Å². The van der Waals surface area contributed by atoms with Gasteiger partial charge in [0.15, 0.2) is 21.5 Å². The first-order valence-electron chi connectivity index (χ1n) is 13.2. The van der Waals surface area contributed by atoms with Crippen LogP contribution in [-0.2, 0) is 19.4 Å². The number of nitrogens with zero attached hydrogens (tertiary/aromatic N) is 1. The number of benzene rings is 3. The molecular formula is C30H32Cl2N2O6S.